The summed E-state index contributed by atoms with van der Waals surface area (Å²) in [6.45, 7) is 0. The zero-order chi connectivity index (χ0) is 8.91. The van der Waals surface area contributed by atoms with Gasteiger partial charge in [0.05, 0.1) is 0 Å². The first-order valence-electron chi connectivity index (χ1n) is 2.78. The Bertz CT molecular complexity index is 175. The number of hydrogen-bond acceptors (Lipinski definition) is 4. The van der Waals surface area contributed by atoms with Crippen LogP contribution < -0.4 is 11.1 Å². The normalized spacial score (nSPS) is 11.1. The van der Waals surface area contributed by atoms with Crippen molar-refractivity contribution in [2.24, 2.45) is 5.73 Å². The van der Waals surface area contributed by atoms with E-state index in [2.05, 4.69) is 14.4 Å². The molecule has 0 aliphatic rings. The average Bonchev–Trinajstić information content (AvgIpc) is 2.00. The molecule has 11 heavy (non-hydrogen) atoms. The van der Waals surface area contributed by atoms with E-state index < -0.39 is 13.6 Å². The van der Waals surface area contributed by atoms with E-state index in [0.717, 1.165) is 0 Å². The Balaban J connectivity index is 3.89. The number of primary amides is 1. The first kappa shape index (κ1) is 10.4. The van der Waals surface area contributed by atoms with E-state index in [1.807, 2.05) is 0 Å². The standard InChI is InChI=1S/C4H11N2O4P/c1-9-11(8,10-2)3-6-4(5)7/h3H2,1-2H3,(H3,5,6,7). The Labute approximate surface area is 64.6 Å². The third-order valence-corrected chi connectivity index (χ3v) is 2.66. The molecule has 66 valence electrons. The average molecular weight is 182 g/mol. The van der Waals surface area contributed by atoms with Gasteiger partial charge in [-0.1, -0.05) is 0 Å². The SMILES string of the molecule is COP(=O)(CNC(N)=O)OC. The molecule has 0 atom stereocenters. The van der Waals surface area contributed by atoms with E-state index in [4.69, 9.17) is 5.73 Å². The summed E-state index contributed by atoms with van der Waals surface area (Å²) in [5.74, 6) is 0. The zero-order valence-corrected chi connectivity index (χ0v) is 7.26. The molecule has 0 saturated carbocycles. The summed E-state index contributed by atoms with van der Waals surface area (Å²) in [6.07, 6.45) is -0.213. The molecule has 0 aliphatic heterocycles. The molecular weight excluding hydrogens is 171 g/mol. The number of amides is 2. The van der Waals surface area contributed by atoms with Crippen molar-refractivity contribution in [2.75, 3.05) is 20.5 Å². The smallest absolute Gasteiger partial charge is 0.349 e. The van der Waals surface area contributed by atoms with Gasteiger partial charge in [0.2, 0.25) is 0 Å². The Morgan fingerprint density at radius 1 is 1.55 bits per heavy atom. The predicted molar refractivity (Wildman–Crippen MR) is 39.2 cm³/mol. The number of carbonyl (C=O) groups excluding carboxylic acids is 1. The van der Waals surface area contributed by atoms with E-state index in [0.29, 0.717) is 0 Å². The van der Waals surface area contributed by atoms with Crippen molar-refractivity contribution in [3.05, 3.63) is 0 Å². The minimum Gasteiger partial charge on any atom is -0.352 e. The minimum absolute atomic E-state index is 0.213. The van der Waals surface area contributed by atoms with Crippen LogP contribution in [0.15, 0.2) is 0 Å². The van der Waals surface area contributed by atoms with Crippen LogP contribution in [-0.2, 0) is 13.6 Å². The molecule has 7 heteroatoms. The molecule has 0 unspecified atom stereocenters. The van der Waals surface area contributed by atoms with Crippen molar-refractivity contribution in [3.8, 4) is 0 Å². The zero-order valence-electron chi connectivity index (χ0n) is 6.36. The van der Waals surface area contributed by atoms with Gasteiger partial charge in [0.1, 0.15) is 6.29 Å². The van der Waals surface area contributed by atoms with E-state index in [-0.39, 0.29) is 6.29 Å². The van der Waals surface area contributed by atoms with Gasteiger partial charge >= 0.3 is 13.6 Å². The highest BCUT2D eigenvalue weighted by atomic mass is 31.2. The maximum absolute atomic E-state index is 11.1. The van der Waals surface area contributed by atoms with Gasteiger partial charge in [-0.3, -0.25) is 4.57 Å². The van der Waals surface area contributed by atoms with Gasteiger partial charge < -0.3 is 20.1 Å². The van der Waals surface area contributed by atoms with Gasteiger partial charge in [-0.05, 0) is 0 Å². The quantitative estimate of drug-likeness (QED) is 0.603. The molecule has 3 N–H and O–H groups in total. The molecule has 0 spiro atoms. The first-order chi connectivity index (χ1) is 5.04. The van der Waals surface area contributed by atoms with Crippen LogP contribution in [-0.4, -0.2) is 26.5 Å². The van der Waals surface area contributed by atoms with Gasteiger partial charge in [0.15, 0.2) is 0 Å². The van der Waals surface area contributed by atoms with Crippen LogP contribution in [0.1, 0.15) is 0 Å². The molecule has 6 nitrogen and oxygen atoms in total. The third-order valence-electron chi connectivity index (χ3n) is 1.00. The largest absolute Gasteiger partial charge is 0.352 e. The lowest BCUT2D eigenvalue weighted by Crippen LogP contribution is -2.30. The fourth-order valence-electron chi connectivity index (χ4n) is 0.378. The molecule has 2 amide bonds. The van der Waals surface area contributed by atoms with Crippen molar-refractivity contribution >= 4 is 13.6 Å². The molecular formula is C4H11N2O4P. The van der Waals surface area contributed by atoms with Gasteiger partial charge in [0.25, 0.3) is 0 Å². The summed E-state index contributed by atoms with van der Waals surface area (Å²) in [4.78, 5) is 10.2. The highest BCUT2D eigenvalue weighted by Crippen LogP contribution is 2.44. The first-order valence-corrected chi connectivity index (χ1v) is 4.50. The molecule has 0 radical (unpaired) electrons. The van der Waals surface area contributed by atoms with Crippen LogP contribution in [0.4, 0.5) is 4.79 Å². The van der Waals surface area contributed by atoms with Crippen LogP contribution in [0.5, 0.6) is 0 Å². The maximum Gasteiger partial charge on any atom is 0.349 e. The van der Waals surface area contributed by atoms with Crippen molar-refractivity contribution in [1.29, 1.82) is 0 Å². The van der Waals surface area contributed by atoms with Crippen LogP contribution in [0, 0.1) is 0 Å². The topological polar surface area (TPSA) is 90.6 Å². The Morgan fingerprint density at radius 2 is 2.00 bits per heavy atom. The number of carbonyl (C=O) groups is 1. The number of nitrogens with two attached hydrogens (primary N) is 1. The van der Waals surface area contributed by atoms with E-state index >= 15 is 0 Å². The molecule has 0 bridgehead atoms. The van der Waals surface area contributed by atoms with Crippen LogP contribution in [0.3, 0.4) is 0 Å². The summed E-state index contributed by atoms with van der Waals surface area (Å²) in [7, 11) is -0.689. The molecule has 0 aromatic carbocycles. The second kappa shape index (κ2) is 4.33. The van der Waals surface area contributed by atoms with E-state index in [1.165, 1.54) is 14.2 Å². The number of rotatable bonds is 4. The molecule has 0 heterocycles. The predicted octanol–water partition coefficient (Wildman–Crippen LogP) is 0.0981. The molecule has 0 saturated heterocycles. The van der Waals surface area contributed by atoms with Gasteiger partial charge in [-0.2, -0.15) is 0 Å². The highest BCUT2D eigenvalue weighted by molar-refractivity contribution is 7.53. The van der Waals surface area contributed by atoms with Crippen LogP contribution in [0.2, 0.25) is 0 Å². The van der Waals surface area contributed by atoms with E-state index in [1.54, 1.807) is 0 Å². The fourth-order valence-corrected chi connectivity index (χ4v) is 1.14. The summed E-state index contributed by atoms with van der Waals surface area (Å²) >= 11 is 0. The molecule has 0 rings (SSSR count). The lowest BCUT2D eigenvalue weighted by atomic mass is 11.0. The lowest BCUT2D eigenvalue weighted by Gasteiger charge is -2.12. The number of nitrogens with one attached hydrogen (secondary N) is 1. The monoisotopic (exact) mass is 182 g/mol. The second-order valence-electron chi connectivity index (χ2n) is 1.68. The Hall–Kier alpha value is -0.580. The van der Waals surface area contributed by atoms with Crippen molar-refractivity contribution in [2.45, 2.75) is 0 Å². The minimum atomic E-state index is -3.15. The second-order valence-corrected chi connectivity index (χ2v) is 3.94. The van der Waals surface area contributed by atoms with Crippen LogP contribution in [0.25, 0.3) is 0 Å². The highest BCUT2D eigenvalue weighted by Gasteiger charge is 2.20. The summed E-state index contributed by atoms with van der Waals surface area (Å²) in [5.41, 5.74) is 4.73. The maximum atomic E-state index is 11.1. The van der Waals surface area contributed by atoms with Crippen molar-refractivity contribution in [1.82, 2.24) is 5.32 Å². The van der Waals surface area contributed by atoms with Crippen molar-refractivity contribution in [3.63, 3.8) is 0 Å². The molecule has 0 aliphatic carbocycles. The summed E-state index contributed by atoms with van der Waals surface area (Å²) in [5, 5.41) is 2.11. The number of hydrogen-bond donors (Lipinski definition) is 2. The van der Waals surface area contributed by atoms with Crippen molar-refractivity contribution < 1.29 is 18.4 Å². The van der Waals surface area contributed by atoms with Gasteiger partial charge in [-0.15, -0.1) is 0 Å². The lowest BCUT2D eigenvalue weighted by molar-refractivity contribution is 0.245. The van der Waals surface area contributed by atoms with Crippen LogP contribution >= 0.6 is 7.60 Å². The number of urea groups is 1. The summed E-state index contributed by atoms with van der Waals surface area (Å²) in [6, 6.07) is -0.765. The Morgan fingerprint density at radius 3 is 2.27 bits per heavy atom. The molecule has 0 aromatic heterocycles. The van der Waals surface area contributed by atoms with Gasteiger partial charge in [0, 0.05) is 14.2 Å². The summed E-state index contributed by atoms with van der Waals surface area (Å²) < 4.78 is 20.1. The molecule has 0 aromatic rings. The van der Waals surface area contributed by atoms with Gasteiger partial charge in [-0.25, -0.2) is 4.79 Å². The molecule has 0 fully saturated rings. The van der Waals surface area contributed by atoms with E-state index in [9.17, 15) is 9.36 Å². The third kappa shape index (κ3) is 3.98. The fraction of sp³-hybridized carbons (Fsp3) is 0.750. The Kier molecular flexibility index (Phi) is 4.10.